The summed E-state index contributed by atoms with van der Waals surface area (Å²) in [6.07, 6.45) is 9.89. The molecular weight excluding hydrogens is 342 g/mol. The fraction of sp³-hybridized carbons (Fsp3) is 0.909. The van der Waals surface area contributed by atoms with Crippen molar-refractivity contribution < 1.29 is 19.1 Å². The number of unbranched alkanes of at least 4 members (excludes halogenated alkanes) is 6. The lowest BCUT2D eigenvalue weighted by molar-refractivity contribution is -0.164. The molecule has 1 unspecified atom stereocenters. The highest BCUT2D eigenvalue weighted by atomic mass is 16.6. The lowest BCUT2D eigenvalue weighted by Crippen LogP contribution is -2.30. The van der Waals surface area contributed by atoms with Gasteiger partial charge in [-0.1, -0.05) is 45.4 Å². The number of carbonyl (C=O) groups excluding carboxylic acids is 2. The minimum atomic E-state index is -0.485. The van der Waals surface area contributed by atoms with E-state index < -0.39 is 11.5 Å². The summed E-state index contributed by atoms with van der Waals surface area (Å²) < 4.78 is 10.7. The molecule has 0 radical (unpaired) electrons. The van der Waals surface area contributed by atoms with Crippen molar-refractivity contribution in [3.05, 3.63) is 0 Å². The molecule has 0 spiro atoms. The van der Waals surface area contributed by atoms with Gasteiger partial charge in [0.05, 0.1) is 5.41 Å². The highest BCUT2D eigenvalue weighted by Gasteiger charge is 2.29. The van der Waals surface area contributed by atoms with Crippen molar-refractivity contribution in [2.45, 2.75) is 98.0 Å². The summed E-state index contributed by atoms with van der Waals surface area (Å²) in [6, 6.07) is 0. The molecule has 0 aromatic carbocycles. The van der Waals surface area contributed by atoms with E-state index in [1.165, 1.54) is 32.1 Å². The van der Waals surface area contributed by atoms with Crippen molar-refractivity contribution in [3.63, 3.8) is 0 Å². The molecule has 0 amide bonds. The van der Waals surface area contributed by atoms with Crippen LogP contribution in [0.1, 0.15) is 91.9 Å². The Bertz CT molecular complexity index is 407. The first-order valence-electron chi connectivity index (χ1n) is 10.7. The van der Waals surface area contributed by atoms with Crippen LogP contribution in [0.3, 0.4) is 0 Å². The molecule has 5 heteroatoms. The fourth-order valence-corrected chi connectivity index (χ4v) is 2.85. The molecule has 0 saturated heterocycles. The van der Waals surface area contributed by atoms with E-state index in [1.54, 1.807) is 6.92 Å². The zero-order valence-electron chi connectivity index (χ0n) is 18.6. The highest BCUT2D eigenvalue weighted by Crippen LogP contribution is 2.26. The molecule has 0 N–H and O–H groups in total. The molecule has 1 atom stereocenters. The Morgan fingerprint density at radius 3 is 2.22 bits per heavy atom. The predicted molar refractivity (Wildman–Crippen MR) is 111 cm³/mol. The second-order valence-electron chi connectivity index (χ2n) is 8.56. The minimum Gasteiger partial charge on any atom is -0.461 e. The quantitative estimate of drug-likeness (QED) is 0.277. The average molecular weight is 386 g/mol. The number of ether oxygens (including phenoxy) is 2. The molecule has 0 rings (SSSR count). The Morgan fingerprint density at radius 1 is 0.963 bits per heavy atom. The molecule has 0 bridgehead atoms. The van der Waals surface area contributed by atoms with Crippen LogP contribution in [-0.2, 0) is 19.1 Å². The molecule has 0 aliphatic rings. The molecule has 0 aromatic heterocycles. The first-order valence-corrected chi connectivity index (χ1v) is 10.7. The fourth-order valence-electron chi connectivity index (χ4n) is 2.85. The largest absolute Gasteiger partial charge is 0.461 e. The summed E-state index contributed by atoms with van der Waals surface area (Å²) in [6.45, 7) is 8.94. The third-order valence-electron chi connectivity index (χ3n) is 4.73. The summed E-state index contributed by atoms with van der Waals surface area (Å²) in [5.41, 5.74) is -0.485. The van der Waals surface area contributed by atoms with Gasteiger partial charge in [0.2, 0.25) is 0 Å². The van der Waals surface area contributed by atoms with Gasteiger partial charge in [-0.3, -0.25) is 9.59 Å². The van der Waals surface area contributed by atoms with Crippen LogP contribution in [-0.4, -0.2) is 50.2 Å². The Balaban J connectivity index is 3.93. The van der Waals surface area contributed by atoms with Gasteiger partial charge in [0.25, 0.3) is 0 Å². The van der Waals surface area contributed by atoms with Gasteiger partial charge in [-0.05, 0) is 60.7 Å². The van der Waals surface area contributed by atoms with Gasteiger partial charge < -0.3 is 14.4 Å². The highest BCUT2D eigenvalue weighted by molar-refractivity contribution is 5.75. The van der Waals surface area contributed by atoms with Crippen LogP contribution in [0.25, 0.3) is 0 Å². The van der Waals surface area contributed by atoms with E-state index in [0.717, 1.165) is 32.2 Å². The van der Waals surface area contributed by atoms with Crippen LogP contribution in [0.2, 0.25) is 0 Å². The van der Waals surface area contributed by atoms with E-state index in [0.29, 0.717) is 6.42 Å². The van der Waals surface area contributed by atoms with Crippen LogP contribution in [0.15, 0.2) is 0 Å². The Labute approximate surface area is 167 Å². The summed E-state index contributed by atoms with van der Waals surface area (Å²) in [4.78, 5) is 26.2. The van der Waals surface area contributed by atoms with Crippen LogP contribution < -0.4 is 0 Å². The van der Waals surface area contributed by atoms with Crippen molar-refractivity contribution in [1.29, 1.82) is 0 Å². The number of hydrogen-bond acceptors (Lipinski definition) is 5. The van der Waals surface area contributed by atoms with Crippen LogP contribution in [0.5, 0.6) is 0 Å². The van der Waals surface area contributed by atoms with Gasteiger partial charge in [-0.15, -0.1) is 0 Å². The van der Waals surface area contributed by atoms with Crippen LogP contribution in [0, 0.1) is 5.41 Å². The predicted octanol–water partition coefficient (Wildman–Crippen LogP) is 4.97. The van der Waals surface area contributed by atoms with Gasteiger partial charge in [0, 0.05) is 6.42 Å². The molecule has 160 valence electrons. The van der Waals surface area contributed by atoms with E-state index in [2.05, 4.69) is 11.8 Å². The van der Waals surface area contributed by atoms with Gasteiger partial charge in [-0.2, -0.15) is 0 Å². The monoisotopic (exact) mass is 385 g/mol. The van der Waals surface area contributed by atoms with E-state index in [9.17, 15) is 9.59 Å². The summed E-state index contributed by atoms with van der Waals surface area (Å²) in [5.74, 6) is -0.423. The van der Waals surface area contributed by atoms with Gasteiger partial charge in [-0.25, -0.2) is 0 Å². The van der Waals surface area contributed by atoms with E-state index in [4.69, 9.17) is 9.47 Å². The third kappa shape index (κ3) is 14.6. The zero-order chi connectivity index (χ0) is 20.7. The van der Waals surface area contributed by atoms with Gasteiger partial charge in [0.15, 0.2) is 0 Å². The van der Waals surface area contributed by atoms with Crippen molar-refractivity contribution >= 4 is 11.9 Å². The second-order valence-corrected chi connectivity index (χ2v) is 8.56. The molecule has 0 fully saturated rings. The van der Waals surface area contributed by atoms with Crippen molar-refractivity contribution in [2.24, 2.45) is 5.41 Å². The maximum Gasteiger partial charge on any atom is 0.311 e. The first kappa shape index (κ1) is 25.9. The average Bonchev–Trinajstić information content (AvgIpc) is 2.59. The Kier molecular flexibility index (Phi) is 14.3. The molecule has 0 aliphatic heterocycles. The zero-order valence-corrected chi connectivity index (χ0v) is 18.6. The van der Waals surface area contributed by atoms with E-state index in [1.807, 2.05) is 27.9 Å². The number of hydrogen-bond donors (Lipinski definition) is 0. The maximum absolute atomic E-state index is 12.3. The van der Waals surface area contributed by atoms with Crippen molar-refractivity contribution in [3.8, 4) is 0 Å². The Morgan fingerprint density at radius 2 is 1.59 bits per heavy atom. The molecule has 0 heterocycles. The molecule has 27 heavy (non-hydrogen) atoms. The SMILES string of the molecule is CCCCCCCCC(C)(C)C(=O)OCC(C)OC(=O)CCCCN(C)C. The molecular formula is C22H43NO4. The van der Waals surface area contributed by atoms with E-state index >= 15 is 0 Å². The molecule has 0 aliphatic carbocycles. The molecule has 0 saturated carbocycles. The normalized spacial score (nSPS) is 12.9. The smallest absolute Gasteiger partial charge is 0.311 e. The third-order valence-corrected chi connectivity index (χ3v) is 4.73. The minimum absolute atomic E-state index is 0.127. The molecule has 5 nitrogen and oxygen atoms in total. The maximum atomic E-state index is 12.3. The standard InChI is InChI=1S/C22H43NO4/c1-7-8-9-10-11-13-16-22(3,4)21(25)26-18-19(2)27-20(24)15-12-14-17-23(5)6/h19H,7-18H2,1-6H3. The summed E-state index contributed by atoms with van der Waals surface area (Å²) in [5, 5.41) is 0. The van der Waals surface area contributed by atoms with E-state index in [-0.39, 0.29) is 18.5 Å². The number of carbonyl (C=O) groups is 2. The van der Waals surface area contributed by atoms with Crippen LogP contribution in [0.4, 0.5) is 0 Å². The second kappa shape index (κ2) is 14.9. The Hall–Kier alpha value is -1.10. The first-order chi connectivity index (χ1) is 12.7. The number of esters is 2. The van der Waals surface area contributed by atoms with Crippen molar-refractivity contribution in [2.75, 3.05) is 27.2 Å². The summed E-state index contributed by atoms with van der Waals surface area (Å²) in [7, 11) is 4.03. The summed E-state index contributed by atoms with van der Waals surface area (Å²) >= 11 is 0. The van der Waals surface area contributed by atoms with Crippen LogP contribution >= 0.6 is 0 Å². The molecule has 0 aromatic rings. The van der Waals surface area contributed by atoms with Crippen molar-refractivity contribution in [1.82, 2.24) is 4.90 Å². The van der Waals surface area contributed by atoms with Gasteiger partial charge >= 0.3 is 11.9 Å². The lowest BCUT2D eigenvalue weighted by Gasteiger charge is -2.23. The lowest BCUT2D eigenvalue weighted by atomic mass is 9.87. The number of nitrogens with zero attached hydrogens (tertiary/aromatic N) is 1. The number of rotatable bonds is 16. The topological polar surface area (TPSA) is 55.8 Å². The van der Waals surface area contributed by atoms with Gasteiger partial charge in [0.1, 0.15) is 12.7 Å².